The van der Waals surface area contributed by atoms with Crippen LogP contribution in [0.15, 0.2) is 48.5 Å². The molecular weight excluding hydrogens is 394 g/mol. The summed E-state index contributed by atoms with van der Waals surface area (Å²) in [5.41, 5.74) is 4.54. The van der Waals surface area contributed by atoms with Gasteiger partial charge in [0, 0.05) is 31.7 Å². The number of hydrogen-bond acceptors (Lipinski definition) is 3. The molecule has 1 atom stereocenters. The molecule has 2 aliphatic heterocycles. The van der Waals surface area contributed by atoms with Gasteiger partial charge in [-0.25, -0.2) is 0 Å². The van der Waals surface area contributed by atoms with Crippen LogP contribution in [-0.2, 0) is 19.6 Å². The van der Waals surface area contributed by atoms with Crippen molar-refractivity contribution in [1.82, 2.24) is 15.1 Å². The van der Waals surface area contributed by atoms with E-state index in [0.29, 0.717) is 6.54 Å². The molecule has 2 fully saturated rings. The molecule has 2 aromatic rings. The van der Waals surface area contributed by atoms with Gasteiger partial charge in [0.15, 0.2) is 0 Å². The molecule has 1 amide bonds. The fraction of sp³-hybridized carbons (Fsp3) is 0.536. The third kappa shape index (κ3) is 6.91. The number of benzene rings is 2. The summed E-state index contributed by atoms with van der Waals surface area (Å²) in [6.07, 6.45) is 7.98. The first-order valence-electron chi connectivity index (χ1n) is 12.6. The Morgan fingerprint density at radius 1 is 0.844 bits per heavy atom. The maximum atomic E-state index is 12.7. The van der Waals surface area contributed by atoms with E-state index >= 15 is 0 Å². The first-order valence-corrected chi connectivity index (χ1v) is 12.6. The second-order valence-corrected chi connectivity index (χ2v) is 9.87. The number of piperidine rings is 1. The van der Waals surface area contributed by atoms with Crippen molar-refractivity contribution in [3.8, 4) is 0 Å². The van der Waals surface area contributed by atoms with E-state index < -0.39 is 0 Å². The lowest BCUT2D eigenvalue weighted by Gasteiger charge is -2.30. The summed E-state index contributed by atoms with van der Waals surface area (Å²) in [5, 5.41) is 3.10. The van der Waals surface area contributed by atoms with Crippen LogP contribution in [0.3, 0.4) is 0 Å². The molecule has 4 rings (SSSR count). The van der Waals surface area contributed by atoms with E-state index in [1.807, 2.05) is 12.1 Å². The number of likely N-dealkylation sites (tertiary alicyclic amines) is 2. The van der Waals surface area contributed by atoms with E-state index in [-0.39, 0.29) is 5.91 Å². The number of hydrogen-bond donors (Lipinski definition) is 1. The molecular formula is C28H39N3O. The molecule has 4 heteroatoms. The van der Waals surface area contributed by atoms with Gasteiger partial charge in [-0.15, -0.1) is 0 Å². The summed E-state index contributed by atoms with van der Waals surface area (Å²) in [4.78, 5) is 17.8. The molecule has 0 aromatic heterocycles. The molecule has 2 saturated heterocycles. The average molecular weight is 434 g/mol. The molecule has 0 spiro atoms. The van der Waals surface area contributed by atoms with Crippen molar-refractivity contribution >= 4 is 5.91 Å². The Hall–Kier alpha value is -2.17. The fourth-order valence-corrected chi connectivity index (χ4v) is 5.12. The lowest BCUT2D eigenvalue weighted by Crippen LogP contribution is -2.33. The highest BCUT2D eigenvalue weighted by atomic mass is 16.1. The van der Waals surface area contributed by atoms with Crippen LogP contribution in [0.4, 0.5) is 0 Å². The van der Waals surface area contributed by atoms with Crippen molar-refractivity contribution in [2.45, 2.75) is 65.1 Å². The second kappa shape index (κ2) is 11.6. The maximum Gasteiger partial charge on any atom is 0.251 e. The first kappa shape index (κ1) is 23.0. The molecule has 0 bridgehead atoms. The summed E-state index contributed by atoms with van der Waals surface area (Å²) < 4.78 is 0. The second-order valence-electron chi connectivity index (χ2n) is 9.87. The Morgan fingerprint density at radius 2 is 1.53 bits per heavy atom. The summed E-state index contributed by atoms with van der Waals surface area (Å²) in [6.45, 7) is 9.67. The lowest BCUT2D eigenvalue weighted by atomic mass is 9.99. The number of carbonyl (C=O) groups excluding carboxylic acids is 1. The largest absolute Gasteiger partial charge is 0.348 e. The molecule has 1 unspecified atom stereocenters. The predicted molar refractivity (Wildman–Crippen MR) is 131 cm³/mol. The number of amides is 1. The quantitative estimate of drug-likeness (QED) is 0.650. The van der Waals surface area contributed by atoms with E-state index in [1.54, 1.807) is 0 Å². The van der Waals surface area contributed by atoms with E-state index in [2.05, 4.69) is 58.4 Å². The van der Waals surface area contributed by atoms with Gasteiger partial charge in [-0.05, 0) is 80.1 Å². The Kier molecular flexibility index (Phi) is 8.36. The van der Waals surface area contributed by atoms with Gasteiger partial charge in [0.25, 0.3) is 5.91 Å². The molecule has 0 saturated carbocycles. The van der Waals surface area contributed by atoms with Crippen LogP contribution in [0.1, 0.15) is 72.5 Å². The minimum atomic E-state index is 0.000987. The lowest BCUT2D eigenvalue weighted by molar-refractivity contribution is 0.0951. The minimum Gasteiger partial charge on any atom is -0.348 e. The molecule has 2 aliphatic rings. The Morgan fingerprint density at radius 3 is 2.28 bits per heavy atom. The summed E-state index contributed by atoms with van der Waals surface area (Å²) in [7, 11) is 0. The Balaban J connectivity index is 1.27. The molecule has 0 aliphatic carbocycles. The third-order valence-electron chi connectivity index (χ3n) is 6.91. The molecule has 2 heterocycles. The normalized spacial score (nSPS) is 20.6. The van der Waals surface area contributed by atoms with Gasteiger partial charge in [0.2, 0.25) is 0 Å². The van der Waals surface area contributed by atoms with Crippen molar-refractivity contribution < 1.29 is 4.79 Å². The van der Waals surface area contributed by atoms with Crippen molar-refractivity contribution in [2.24, 2.45) is 5.92 Å². The fourth-order valence-electron chi connectivity index (χ4n) is 5.12. The van der Waals surface area contributed by atoms with Crippen LogP contribution in [0.5, 0.6) is 0 Å². The minimum absolute atomic E-state index is 0.000987. The van der Waals surface area contributed by atoms with Gasteiger partial charge in [0.1, 0.15) is 0 Å². The van der Waals surface area contributed by atoms with E-state index in [1.165, 1.54) is 81.4 Å². The predicted octanol–water partition coefficient (Wildman–Crippen LogP) is 5.22. The van der Waals surface area contributed by atoms with Crippen molar-refractivity contribution in [3.05, 3.63) is 70.8 Å². The molecule has 4 nitrogen and oxygen atoms in total. The first-order chi connectivity index (χ1) is 15.7. The molecule has 0 radical (unpaired) electrons. The van der Waals surface area contributed by atoms with Gasteiger partial charge in [-0.3, -0.25) is 14.6 Å². The molecule has 32 heavy (non-hydrogen) atoms. The molecule has 2 aromatic carbocycles. The maximum absolute atomic E-state index is 12.7. The summed E-state index contributed by atoms with van der Waals surface area (Å²) in [6, 6.07) is 16.8. The van der Waals surface area contributed by atoms with Crippen molar-refractivity contribution in [1.29, 1.82) is 0 Å². The summed E-state index contributed by atoms with van der Waals surface area (Å²) in [5.74, 6) is 0.790. The van der Waals surface area contributed by atoms with Gasteiger partial charge < -0.3 is 5.32 Å². The highest BCUT2D eigenvalue weighted by Gasteiger charge is 2.16. The van der Waals surface area contributed by atoms with E-state index in [9.17, 15) is 4.79 Å². The van der Waals surface area contributed by atoms with Gasteiger partial charge >= 0.3 is 0 Å². The van der Waals surface area contributed by atoms with E-state index in [0.717, 1.165) is 24.6 Å². The Labute approximate surface area is 194 Å². The monoisotopic (exact) mass is 433 g/mol. The number of rotatable bonds is 7. The average Bonchev–Trinajstić information content (AvgIpc) is 3.07. The number of nitrogens with zero attached hydrogens (tertiary/aromatic N) is 2. The number of carbonyl (C=O) groups is 1. The zero-order valence-corrected chi connectivity index (χ0v) is 19.7. The van der Waals surface area contributed by atoms with Gasteiger partial charge in [-0.2, -0.15) is 0 Å². The highest BCUT2D eigenvalue weighted by Crippen LogP contribution is 2.18. The SMILES string of the molecule is CC1CCCN(Cc2ccc(C(=O)NCc3cccc(CN4CCCCCC4)c3)cc2)C1. The van der Waals surface area contributed by atoms with Crippen LogP contribution in [-0.4, -0.2) is 41.9 Å². The summed E-state index contributed by atoms with van der Waals surface area (Å²) >= 11 is 0. The van der Waals surface area contributed by atoms with Crippen LogP contribution in [0.25, 0.3) is 0 Å². The van der Waals surface area contributed by atoms with Crippen molar-refractivity contribution in [3.63, 3.8) is 0 Å². The van der Waals surface area contributed by atoms with E-state index in [4.69, 9.17) is 0 Å². The smallest absolute Gasteiger partial charge is 0.251 e. The standard InChI is InChI=1S/C28H39N3O/c1-23-8-7-17-31(20-23)21-24-11-13-27(14-12-24)28(32)29-19-25-9-6-10-26(18-25)22-30-15-4-2-3-5-16-30/h6,9-14,18,23H,2-5,7-8,15-17,19-22H2,1H3,(H,29,32). The topological polar surface area (TPSA) is 35.6 Å². The van der Waals surface area contributed by atoms with Gasteiger partial charge in [-0.1, -0.05) is 56.2 Å². The highest BCUT2D eigenvalue weighted by molar-refractivity contribution is 5.94. The van der Waals surface area contributed by atoms with Crippen LogP contribution < -0.4 is 5.32 Å². The van der Waals surface area contributed by atoms with Crippen LogP contribution >= 0.6 is 0 Å². The van der Waals surface area contributed by atoms with Crippen molar-refractivity contribution in [2.75, 3.05) is 26.2 Å². The molecule has 172 valence electrons. The van der Waals surface area contributed by atoms with Crippen LogP contribution in [0.2, 0.25) is 0 Å². The van der Waals surface area contributed by atoms with Gasteiger partial charge in [0.05, 0.1) is 0 Å². The number of nitrogens with one attached hydrogen (secondary N) is 1. The zero-order chi connectivity index (χ0) is 22.2. The van der Waals surface area contributed by atoms with Crippen LogP contribution in [0, 0.1) is 5.92 Å². The zero-order valence-electron chi connectivity index (χ0n) is 19.7. The third-order valence-corrected chi connectivity index (χ3v) is 6.91. The molecule has 1 N–H and O–H groups in total. The Bertz CT molecular complexity index is 855.